The number of benzene rings is 1. The first-order valence-corrected chi connectivity index (χ1v) is 7.65. The van der Waals surface area contributed by atoms with Gasteiger partial charge in [0, 0.05) is 6.54 Å². The third-order valence-corrected chi connectivity index (χ3v) is 3.39. The van der Waals surface area contributed by atoms with E-state index in [0.717, 1.165) is 6.54 Å². The van der Waals surface area contributed by atoms with Crippen LogP contribution in [0, 0.1) is 0 Å². The van der Waals surface area contributed by atoms with Gasteiger partial charge in [-0.2, -0.15) is 0 Å². The molecular weight excluding hydrogens is 262 g/mol. The molecule has 0 aliphatic heterocycles. The zero-order chi connectivity index (χ0) is 16.3. The van der Waals surface area contributed by atoms with Gasteiger partial charge in [0.2, 0.25) is 0 Å². The SMILES string of the molecule is CC.CCC1=C(CCN(C)C)Cc2ccccc21.O=CO. The Kier molecular flexibility index (Phi) is 10.2. The Balaban J connectivity index is 0.000000713. The van der Waals surface area contributed by atoms with Crippen LogP contribution >= 0.6 is 0 Å². The van der Waals surface area contributed by atoms with Crippen molar-refractivity contribution in [1.82, 2.24) is 4.90 Å². The smallest absolute Gasteiger partial charge is 0.290 e. The molecule has 118 valence electrons. The normalized spacial score (nSPS) is 12.1. The summed E-state index contributed by atoms with van der Waals surface area (Å²) in [6.07, 6.45) is 3.55. The average molecular weight is 291 g/mol. The van der Waals surface area contributed by atoms with Crippen molar-refractivity contribution < 1.29 is 9.90 Å². The maximum absolute atomic E-state index is 8.36. The first-order chi connectivity index (χ1) is 10.1. The summed E-state index contributed by atoms with van der Waals surface area (Å²) in [6.45, 7) is 7.18. The van der Waals surface area contributed by atoms with Crippen molar-refractivity contribution in [1.29, 1.82) is 0 Å². The largest absolute Gasteiger partial charge is 0.483 e. The molecule has 1 aromatic carbocycles. The van der Waals surface area contributed by atoms with Crippen molar-refractivity contribution in [3.63, 3.8) is 0 Å². The van der Waals surface area contributed by atoms with Crippen molar-refractivity contribution in [3.8, 4) is 0 Å². The Morgan fingerprint density at radius 1 is 1.24 bits per heavy atom. The zero-order valence-electron chi connectivity index (χ0n) is 14.0. The van der Waals surface area contributed by atoms with Gasteiger partial charge in [-0.3, -0.25) is 4.79 Å². The fraction of sp³-hybridized carbons (Fsp3) is 0.500. The molecule has 1 N–H and O–H groups in total. The summed E-state index contributed by atoms with van der Waals surface area (Å²) in [5, 5.41) is 6.89. The second kappa shape index (κ2) is 11.1. The molecule has 0 saturated carbocycles. The molecule has 21 heavy (non-hydrogen) atoms. The topological polar surface area (TPSA) is 40.5 Å². The third-order valence-electron chi connectivity index (χ3n) is 3.39. The average Bonchev–Trinajstić information content (AvgIpc) is 2.85. The Labute approximate surface area is 129 Å². The lowest BCUT2D eigenvalue weighted by molar-refractivity contribution is -0.122. The molecule has 1 aromatic rings. The van der Waals surface area contributed by atoms with Crippen molar-refractivity contribution in [3.05, 3.63) is 41.0 Å². The van der Waals surface area contributed by atoms with Crippen LogP contribution in [0.1, 0.15) is 44.7 Å². The molecule has 0 bridgehead atoms. The Morgan fingerprint density at radius 2 is 1.81 bits per heavy atom. The number of hydrogen-bond acceptors (Lipinski definition) is 2. The van der Waals surface area contributed by atoms with Gasteiger partial charge in [-0.15, -0.1) is 0 Å². The molecule has 2 rings (SSSR count). The van der Waals surface area contributed by atoms with E-state index in [1.54, 1.807) is 11.1 Å². The van der Waals surface area contributed by atoms with Crippen molar-refractivity contribution in [2.45, 2.75) is 40.0 Å². The van der Waals surface area contributed by atoms with E-state index in [2.05, 4.69) is 50.2 Å². The highest BCUT2D eigenvalue weighted by atomic mass is 16.3. The highest BCUT2D eigenvalue weighted by molar-refractivity contribution is 5.76. The highest BCUT2D eigenvalue weighted by Gasteiger charge is 2.18. The molecule has 0 saturated heterocycles. The number of fused-ring (bicyclic) bond motifs is 1. The van der Waals surface area contributed by atoms with Crippen LogP contribution in [-0.2, 0) is 11.2 Å². The summed E-state index contributed by atoms with van der Waals surface area (Å²) < 4.78 is 0. The van der Waals surface area contributed by atoms with Gasteiger partial charge in [0.1, 0.15) is 0 Å². The van der Waals surface area contributed by atoms with Crippen LogP contribution in [-0.4, -0.2) is 37.1 Å². The van der Waals surface area contributed by atoms with Crippen molar-refractivity contribution in [2.75, 3.05) is 20.6 Å². The lowest BCUT2D eigenvalue weighted by Crippen LogP contribution is -2.13. The van der Waals surface area contributed by atoms with E-state index in [4.69, 9.17) is 9.90 Å². The summed E-state index contributed by atoms with van der Waals surface area (Å²) in [5.74, 6) is 0. The molecule has 0 spiro atoms. The molecule has 1 aliphatic carbocycles. The van der Waals surface area contributed by atoms with Gasteiger partial charge in [-0.25, -0.2) is 0 Å². The number of nitrogens with zero attached hydrogens (tertiary/aromatic N) is 1. The number of hydrogen-bond donors (Lipinski definition) is 1. The van der Waals surface area contributed by atoms with Crippen molar-refractivity contribution in [2.24, 2.45) is 0 Å². The number of carbonyl (C=O) groups is 1. The van der Waals surface area contributed by atoms with Gasteiger partial charge in [0.05, 0.1) is 0 Å². The van der Waals surface area contributed by atoms with Crippen LogP contribution in [0.15, 0.2) is 29.8 Å². The molecular formula is C18H29NO2. The molecule has 3 nitrogen and oxygen atoms in total. The van der Waals surface area contributed by atoms with Gasteiger partial charge in [0.15, 0.2) is 0 Å². The standard InChI is InChI=1S/C15H21N.C2H6.CH2O2/c1-4-14-13(9-10-16(2)3)11-12-7-5-6-8-15(12)14;1-2;2-1-3/h5-8H,4,9-11H2,1-3H3;1-2H3;1H,(H,2,3). The fourth-order valence-corrected chi connectivity index (χ4v) is 2.53. The van der Waals surface area contributed by atoms with Crippen molar-refractivity contribution >= 4 is 12.0 Å². The summed E-state index contributed by atoms with van der Waals surface area (Å²) >= 11 is 0. The summed E-state index contributed by atoms with van der Waals surface area (Å²) in [5.41, 5.74) is 6.27. The predicted octanol–water partition coefficient (Wildman–Crippen LogP) is 4.09. The molecule has 0 atom stereocenters. The molecule has 0 radical (unpaired) electrons. The van der Waals surface area contributed by atoms with Crippen LogP contribution in [0.5, 0.6) is 0 Å². The first-order valence-electron chi connectivity index (χ1n) is 7.65. The van der Waals surface area contributed by atoms with Crippen LogP contribution < -0.4 is 0 Å². The quantitative estimate of drug-likeness (QED) is 0.850. The van der Waals surface area contributed by atoms with E-state index in [9.17, 15) is 0 Å². The number of allylic oxidation sites excluding steroid dienone is 1. The monoisotopic (exact) mass is 291 g/mol. The maximum Gasteiger partial charge on any atom is 0.290 e. The van der Waals surface area contributed by atoms with Gasteiger partial charge < -0.3 is 10.0 Å². The fourth-order valence-electron chi connectivity index (χ4n) is 2.53. The van der Waals surface area contributed by atoms with Gasteiger partial charge in [-0.05, 0) is 50.1 Å². The Bertz CT molecular complexity index is 450. The van der Waals surface area contributed by atoms with E-state index in [1.165, 1.54) is 30.4 Å². The highest BCUT2D eigenvalue weighted by Crippen LogP contribution is 2.36. The van der Waals surface area contributed by atoms with E-state index in [0.29, 0.717) is 0 Å². The molecule has 0 heterocycles. The molecule has 0 unspecified atom stereocenters. The predicted molar refractivity (Wildman–Crippen MR) is 90.6 cm³/mol. The molecule has 3 heteroatoms. The number of rotatable bonds is 4. The van der Waals surface area contributed by atoms with Gasteiger partial charge in [-0.1, -0.05) is 50.6 Å². The summed E-state index contributed by atoms with van der Waals surface area (Å²) in [6, 6.07) is 8.86. The van der Waals surface area contributed by atoms with Crippen LogP contribution in [0.25, 0.3) is 5.57 Å². The van der Waals surface area contributed by atoms with E-state index < -0.39 is 0 Å². The van der Waals surface area contributed by atoms with Crippen LogP contribution in [0.2, 0.25) is 0 Å². The van der Waals surface area contributed by atoms with Crippen LogP contribution in [0.4, 0.5) is 0 Å². The minimum Gasteiger partial charge on any atom is -0.483 e. The zero-order valence-corrected chi connectivity index (χ0v) is 14.0. The Hall–Kier alpha value is -1.61. The van der Waals surface area contributed by atoms with E-state index in [-0.39, 0.29) is 6.47 Å². The lowest BCUT2D eigenvalue weighted by atomic mass is 10.0. The first kappa shape index (κ1) is 19.4. The lowest BCUT2D eigenvalue weighted by Gasteiger charge is -2.11. The number of carboxylic acid groups (broad SMARTS) is 1. The minimum absolute atomic E-state index is 0.250. The Morgan fingerprint density at radius 3 is 2.33 bits per heavy atom. The van der Waals surface area contributed by atoms with E-state index in [1.807, 2.05) is 13.8 Å². The molecule has 0 aromatic heterocycles. The maximum atomic E-state index is 8.36. The minimum atomic E-state index is -0.250. The second-order valence-corrected chi connectivity index (χ2v) is 4.93. The molecule has 1 aliphatic rings. The molecule has 0 fully saturated rings. The molecule has 0 amide bonds. The summed E-state index contributed by atoms with van der Waals surface area (Å²) in [7, 11) is 4.29. The van der Waals surface area contributed by atoms with Gasteiger partial charge >= 0.3 is 0 Å². The third kappa shape index (κ3) is 6.13. The second-order valence-electron chi connectivity index (χ2n) is 4.93. The summed E-state index contributed by atoms with van der Waals surface area (Å²) in [4.78, 5) is 10.6. The van der Waals surface area contributed by atoms with Crippen LogP contribution in [0.3, 0.4) is 0 Å². The van der Waals surface area contributed by atoms with Gasteiger partial charge in [0.25, 0.3) is 6.47 Å². The van der Waals surface area contributed by atoms with E-state index >= 15 is 0 Å².